The molecule has 1 N–H and O–H groups in total. The van der Waals surface area contributed by atoms with Crippen LogP contribution in [0.2, 0.25) is 0 Å². The first kappa shape index (κ1) is 8.89. The molecule has 0 amide bonds. The second kappa shape index (κ2) is 2.92. The number of hydrogen-bond donors (Lipinski definition) is 1. The van der Waals surface area contributed by atoms with Crippen molar-refractivity contribution in [3.05, 3.63) is 40.8 Å². The van der Waals surface area contributed by atoms with Gasteiger partial charge in [-0.3, -0.25) is 14.3 Å². The average molecular weight is 242 g/mol. The van der Waals surface area contributed by atoms with Crippen LogP contribution in [0.1, 0.15) is 0 Å². The van der Waals surface area contributed by atoms with Gasteiger partial charge in [-0.25, -0.2) is 4.98 Å². The minimum atomic E-state index is -0.0730. The number of para-hydroxylation sites is 1. The summed E-state index contributed by atoms with van der Waals surface area (Å²) < 4.78 is 2.69. The monoisotopic (exact) mass is 242 g/mol. The van der Waals surface area contributed by atoms with E-state index in [9.17, 15) is 4.79 Å². The maximum absolute atomic E-state index is 12.3. The third kappa shape index (κ3) is 1.05. The standard InChI is InChI=1S/C11H6N4OS/c16-10-6-5-12-14-9(6)13-11-15(10)7-3-1-2-4-8(7)17-11/h1-5H,(H,12,14). The molecule has 0 unspecified atom stereocenters. The zero-order valence-electron chi connectivity index (χ0n) is 8.54. The van der Waals surface area contributed by atoms with Gasteiger partial charge in [0.2, 0.25) is 0 Å². The lowest BCUT2D eigenvalue weighted by Gasteiger charge is -1.93. The van der Waals surface area contributed by atoms with Crippen LogP contribution in [0.25, 0.3) is 26.2 Å². The summed E-state index contributed by atoms with van der Waals surface area (Å²) in [6.45, 7) is 0. The molecule has 0 saturated carbocycles. The van der Waals surface area contributed by atoms with Crippen molar-refractivity contribution < 1.29 is 0 Å². The van der Waals surface area contributed by atoms with Crippen LogP contribution in [0.3, 0.4) is 0 Å². The molecule has 0 radical (unpaired) electrons. The molecule has 4 aromatic rings. The highest BCUT2D eigenvalue weighted by Crippen LogP contribution is 2.24. The van der Waals surface area contributed by atoms with Gasteiger partial charge in [-0.2, -0.15) is 5.10 Å². The minimum Gasteiger partial charge on any atom is -0.268 e. The summed E-state index contributed by atoms with van der Waals surface area (Å²) in [5.74, 6) is 0. The van der Waals surface area contributed by atoms with E-state index in [1.807, 2.05) is 24.3 Å². The summed E-state index contributed by atoms with van der Waals surface area (Å²) >= 11 is 1.50. The number of nitrogens with one attached hydrogen (secondary N) is 1. The highest BCUT2D eigenvalue weighted by Gasteiger charge is 2.11. The lowest BCUT2D eigenvalue weighted by molar-refractivity contribution is 1.09. The summed E-state index contributed by atoms with van der Waals surface area (Å²) in [6, 6.07) is 7.78. The first-order chi connectivity index (χ1) is 8.34. The number of aromatic amines is 1. The molecule has 17 heavy (non-hydrogen) atoms. The van der Waals surface area contributed by atoms with Gasteiger partial charge < -0.3 is 0 Å². The molecule has 82 valence electrons. The third-order valence-electron chi connectivity index (χ3n) is 2.76. The van der Waals surface area contributed by atoms with Gasteiger partial charge in [0.15, 0.2) is 10.6 Å². The van der Waals surface area contributed by atoms with Gasteiger partial charge in [0.1, 0.15) is 5.39 Å². The van der Waals surface area contributed by atoms with Crippen LogP contribution in [-0.4, -0.2) is 19.6 Å². The Hall–Kier alpha value is -2.21. The van der Waals surface area contributed by atoms with E-state index in [0.717, 1.165) is 10.2 Å². The van der Waals surface area contributed by atoms with Gasteiger partial charge in [-0.15, -0.1) is 0 Å². The van der Waals surface area contributed by atoms with Crippen LogP contribution < -0.4 is 5.56 Å². The predicted octanol–water partition coefficient (Wildman–Crippen LogP) is 1.79. The van der Waals surface area contributed by atoms with Gasteiger partial charge in [0, 0.05) is 0 Å². The largest absolute Gasteiger partial charge is 0.270 e. The van der Waals surface area contributed by atoms with Crippen LogP contribution in [0.15, 0.2) is 35.3 Å². The third-order valence-corrected chi connectivity index (χ3v) is 3.78. The smallest absolute Gasteiger partial charge is 0.268 e. The molecule has 0 spiro atoms. The maximum atomic E-state index is 12.3. The van der Waals surface area contributed by atoms with Crippen molar-refractivity contribution in [2.24, 2.45) is 0 Å². The average Bonchev–Trinajstić information content (AvgIpc) is 2.92. The number of aromatic nitrogens is 4. The lowest BCUT2D eigenvalue weighted by Crippen LogP contribution is -2.12. The molecule has 0 aliphatic rings. The fourth-order valence-electron chi connectivity index (χ4n) is 1.98. The number of thiazole rings is 1. The van der Waals surface area contributed by atoms with E-state index in [0.29, 0.717) is 16.0 Å². The quantitative estimate of drug-likeness (QED) is 0.511. The predicted molar refractivity (Wildman–Crippen MR) is 66.5 cm³/mol. The SMILES string of the molecule is O=c1c2cn[nH]c2nc2sc3ccccc3n12. The van der Waals surface area contributed by atoms with E-state index < -0.39 is 0 Å². The number of hydrogen-bond acceptors (Lipinski definition) is 4. The topological polar surface area (TPSA) is 63.0 Å². The lowest BCUT2D eigenvalue weighted by atomic mass is 10.3. The van der Waals surface area contributed by atoms with Gasteiger partial charge in [-0.1, -0.05) is 23.5 Å². The second-order valence-corrected chi connectivity index (χ2v) is 4.75. The molecule has 0 atom stereocenters. The normalized spacial score (nSPS) is 11.8. The molecule has 0 aliphatic heterocycles. The van der Waals surface area contributed by atoms with Crippen LogP contribution in [0.4, 0.5) is 0 Å². The van der Waals surface area contributed by atoms with Crippen molar-refractivity contribution in [3.8, 4) is 0 Å². The van der Waals surface area contributed by atoms with E-state index in [-0.39, 0.29) is 5.56 Å². The Kier molecular flexibility index (Phi) is 1.53. The van der Waals surface area contributed by atoms with Crippen molar-refractivity contribution in [1.29, 1.82) is 0 Å². The van der Waals surface area contributed by atoms with Crippen LogP contribution in [0, 0.1) is 0 Å². The van der Waals surface area contributed by atoms with Crippen LogP contribution in [0.5, 0.6) is 0 Å². The summed E-state index contributed by atoms with van der Waals surface area (Å²) in [5, 5.41) is 7.10. The highest BCUT2D eigenvalue weighted by molar-refractivity contribution is 7.23. The van der Waals surface area contributed by atoms with E-state index in [2.05, 4.69) is 15.2 Å². The molecule has 5 nitrogen and oxygen atoms in total. The van der Waals surface area contributed by atoms with Crippen molar-refractivity contribution in [2.45, 2.75) is 0 Å². The molecule has 3 aromatic heterocycles. The van der Waals surface area contributed by atoms with E-state index in [4.69, 9.17) is 0 Å². The minimum absolute atomic E-state index is 0.0730. The summed E-state index contributed by atoms with van der Waals surface area (Å²) in [4.78, 5) is 17.4. The summed E-state index contributed by atoms with van der Waals surface area (Å²) in [7, 11) is 0. The molecular weight excluding hydrogens is 236 g/mol. The zero-order chi connectivity index (χ0) is 11.4. The van der Waals surface area contributed by atoms with Gasteiger partial charge >= 0.3 is 0 Å². The Morgan fingerprint density at radius 3 is 3.12 bits per heavy atom. The summed E-state index contributed by atoms with van der Waals surface area (Å²) in [6.07, 6.45) is 1.52. The summed E-state index contributed by atoms with van der Waals surface area (Å²) in [5.41, 5.74) is 1.37. The molecule has 0 saturated heterocycles. The first-order valence-electron chi connectivity index (χ1n) is 5.08. The Balaban J connectivity index is 2.42. The molecular formula is C11H6N4OS. The van der Waals surface area contributed by atoms with Crippen molar-refractivity contribution in [2.75, 3.05) is 0 Å². The number of rotatable bonds is 0. The molecule has 0 bridgehead atoms. The molecule has 1 aromatic carbocycles. The van der Waals surface area contributed by atoms with E-state index >= 15 is 0 Å². The zero-order valence-corrected chi connectivity index (χ0v) is 9.36. The van der Waals surface area contributed by atoms with Crippen molar-refractivity contribution in [3.63, 3.8) is 0 Å². The molecule has 4 rings (SSSR count). The Labute approximate surface area is 98.3 Å². The van der Waals surface area contributed by atoms with Crippen LogP contribution in [-0.2, 0) is 0 Å². The van der Waals surface area contributed by atoms with Crippen molar-refractivity contribution >= 4 is 37.5 Å². The fraction of sp³-hybridized carbons (Fsp3) is 0. The van der Waals surface area contributed by atoms with Crippen molar-refractivity contribution in [1.82, 2.24) is 19.6 Å². The van der Waals surface area contributed by atoms with E-state index in [1.165, 1.54) is 17.5 Å². The Bertz CT molecular complexity index is 917. The Morgan fingerprint density at radius 2 is 2.18 bits per heavy atom. The Morgan fingerprint density at radius 1 is 1.29 bits per heavy atom. The first-order valence-corrected chi connectivity index (χ1v) is 5.89. The molecule has 3 heterocycles. The maximum Gasteiger partial charge on any atom is 0.270 e. The van der Waals surface area contributed by atoms with Crippen LogP contribution >= 0.6 is 11.3 Å². The molecule has 0 aliphatic carbocycles. The number of fused-ring (bicyclic) bond motifs is 4. The van der Waals surface area contributed by atoms with Gasteiger partial charge in [0.05, 0.1) is 16.4 Å². The van der Waals surface area contributed by atoms with Gasteiger partial charge in [-0.05, 0) is 12.1 Å². The number of benzene rings is 1. The molecule has 6 heteroatoms. The number of nitrogens with zero attached hydrogens (tertiary/aromatic N) is 3. The second-order valence-electron chi connectivity index (χ2n) is 3.74. The van der Waals surface area contributed by atoms with Gasteiger partial charge in [0.25, 0.3) is 5.56 Å². The molecule has 0 fully saturated rings. The number of H-pyrrole nitrogens is 1. The highest BCUT2D eigenvalue weighted by atomic mass is 32.1. The van der Waals surface area contributed by atoms with E-state index in [1.54, 1.807) is 4.40 Å². The fourth-order valence-corrected chi connectivity index (χ4v) is 3.00.